The van der Waals surface area contributed by atoms with E-state index in [-0.39, 0.29) is 5.56 Å². The molecule has 0 saturated heterocycles. The molecule has 0 spiro atoms. The second kappa shape index (κ2) is 9.79. The second-order valence-electron chi connectivity index (χ2n) is 8.81. The van der Waals surface area contributed by atoms with Gasteiger partial charge in [0, 0.05) is 31.3 Å². The first kappa shape index (κ1) is 21.7. The summed E-state index contributed by atoms with van der Waals surface area (Å²) >= 11 is 0. The molecule has 0 amide bonds. The summed E-state index contributed by atoms with van der Waals surface area (Å²) in [6.07, 6.45) is 8.75. The molecule has 2 aromatic heterocycles. The molecule has 3 heterocycles. The van der Waals surface area contributed by atoms with Gasteiger partial charge < -0.3 is 24.1 Å². The van der Waals surface area contributed by atoms with Crippen LogP contribution in [0, 0.1) is 5.92 Å². The number of rotatable bonds is 7. The molecule has 1 aliphatic heterocycles. The van der Waals surface area contributed by atoms with Gasteiger partial charge in [0.25, 0.3) is 5.56 Å². The number of fused-ring (bicyclic) bond motifs is 2. The van der Waals surface area contributed by atoms with Crippen molar-refractivity contribution in [1.82, 2.24) is 19.9 Å². The molecule has 0 radical (unpaired) electrons. The van der Waals surface area contributed by atoms with Crippen LogP contribution in [0.3, 0.4) is 0 Å². The van der Waals surface area contributed by atoms with Crippen LogP contribution in [-0.4, -0.2) is 40.9 Å². The van der Waals surface area contributed by atoms with Gasteiger partial charge in [-0.15, -0.1) is 0 Å². The van der Waals surface area contributed by atoms with Crippen LogP contribution in [0.15, 0.2) is 41.5 Å². The SMILES string of the molecule is COc1ccc2ncc(=O)n(CCC3CCC(NCc4cc5c(cn4)OCCO5)CC3)c2c1. The summed E-state index contributed by atoms with van der Waals surface area (Å²) in [5.41, 5.74) is 2.57. The van der Waals surface area contributed by atoms with Gasteiger partial charge in [-0.05, 0) is 50.2 Å². The van der Waals surface area contributed by atoms with Crippen molar-refractivity contribution in [3.05, 3.63) is 52.7 Å². The van der Waals surface area contributed by atoms with Crippen LogP contribution in [0.25, 0.3) is 11.0 Å². The van der Waals surface area contributed by atoms with Crippen molar-refractivity contribution >= 4 is 11.0 Å². The molecule has 0 unspecified atom stereocenters. The highest BCUT2D eigenvalue weighted by atomic mass is 16.6. The maximum Gasteiger partial charge on any atom is 0.269 e. The van der Waals surface area contributed by atoms with Crippen molar-refractivity contribution in [3.63, 3.8) is 0 Å². The molecule has 8 nitrogen and oxygen atoms in total. The smallest absolute Gasteiger partial charge is 0.269 e. The Morgan fingerprint density at radius 3 is 2.70 bits per heavy atom. The Kier molecular flexibility index (Phi) is 6.44. The van der Waals surface area contributed by atoms with Crippen LogP contribution >= 0.6 is 0 Å². The van der Waals surface area contributed by atoms with Crippen molar-refractivity contribution in [2.24, 2.45) is 5.92 Å². The number of hydrogen-bond acceptors (Lipinski definition) is 7. The summed E-state index contributed by atoms with van der Waals surface area (Å²) in [5.74, 6) is 2.87. The van der Waals surface area contributed by atoms with E-state index in [0.717, 1.165) is 72.6 Å². The van der Waals surface area contributed by atoms with Gasteiger partial charge in [-0.3, -0.25) is 9.78 Å². The molecule has 0 atom stereocenters. The van der Waals surface area contributed by atoms with E-state index in [0.29, 0.717) is 31.7 Å². The molecule has 1 saturated carbocycles. The van der Waals surface area contributed by atoms with Gasteiger partial charge in [0.15, 0.2) is 11.5 Å². The number of nitrogens with zero attached hydrogens (tertiary/aromatic N) is 3. The Morgan fingerprint density at radius 1 is 1.06 bits per heavy atom. The van der Waals surface area contributed by atoms with E-state index in [1.165, 1.54) is 6.20 Å². The lowest BCUT2D eigenvalue weighted by molar-refractivity contribution is 0.170. The third kappa shape index (κ3) is 4.95. The molecule has 1 aromatic carbocycles. The maximum atomic E-state index is 12.5. The molecule has 174 valence electrons. The molecule has 1 fully saturated rings. The molecular formula is C25H30N4O4. The van der Waals surface area contributed by atoms with E-state index < -0.39 is 0 Å². The molecule has 33 heavy (non-hydrogen) atoms. The lowest BCUT2D eigenvalue weighted by Crippen LogP contribution is -2.33. The number of benzene rings is 1. The Balaban J connectivity index is 1.13. The standard InChI is InChI=1S/C25H30N4O4/c1-31-20-6-7-21-22(13-20)29(25(30)16-28-21)9-8-17-2-4-18(5-3-17)26-14-19-12-23-24(15-27-19)33-11-10-32-23/h6-7,12-13,15-18,26H,2-5,8-11,14H2,1H3. The summed E-state index contributed by atoms with van der Waals surface area (Å²) in [6, 6.07) is 8.14. The Hall–Kier alpha value is -3.13. The van der Waals surface area contributed by atoms with Crippen molar-refractivity contribution in [1.29, 1.82) is 0 Å². The van der Waals surface area contributed by atoms with Gasteiger partial charge in [0.05, 0.1) is 36.2 Å². The van der Waals surface area contributed by atoms with Crippen molar-refractivity contribution in [3.8, 4) is 17.2 Å². The normalized spacial score (nSPS) is 20.0. The van der Waals surface area contributed by atoms with Gasteiger partial charge in [-0.1, -0.05) is 0 Å². The quantitative estimate of drug-likeness (QED) is 0.591. The first-order valence-corrected chi connectivity index (χ1v) is 11.7. The van der Waals surface area contributed by atoms with E-state index in [1.807, 2.05) is 28.8 Å². The first-order valence-electron chi connectivity index (χ1n) is 11.7. The van der Waals surface area contributed by atoms with Crippen LogP contribution < -0.4 is 25.1 Å². The van der Waals surface area contributed by atoms with Crippen molar-refractivity contribution in [2.75, 3.05) is 20.3 Å². The molecular weight excluding hydrogens is 420 g/mol. The van der Waals surface area contributed by atoms with Gasteiger partial charge in [-0.25, -0.2) is 4.98 Å². The number of ether oxygens (including phenoxy) is 3. The summed E-state index contributed by atoms with van der Waals surface area (Å²) < 4.78 is 18.4. The number of aryl methyl sites for hydroxylation is 1. The van der Waals surface area contributed by atoms with Crippen LogP contribution in [0.2, 0.25) is 0 Å². The number of aromatic nitrogens is 3. The topological polar surface area (TPSA) is 87.5 Å². The lowest BCUT2D eigenvalue weighted by Gasteiger charge is -2.29. The van der Waals surface area contributed by atoms with Crippen LogP contribution in [-0.2, 0) is 13.1 Å². The Labute approximate surface area is 192 Å². The molecule has 2 aliphatic rings. The predicted octanol–water partition coefficient (Wildman–Crippen LogP) is 3.31. The molecule has 3 aromatic rings. The maximum absolute atomic E-state index is 12.5. The van der Waals surface area contributed by atoms with Crippen LogP contribution in [0.1, 0.15) is 37.8 Å². The van der Waals surface area contributed by atoms with E-state index in [4.69, 9.17) is 14.2 Å². The summed E-state index contributed by atoms with van der Waals surface area (Å²) in [6.45, 7) is 2.60. The highest BCUT2D eigenvalue weighted by Crippen LogP contribution is 2.30. The van der Waals surface area contributed by atoms with Gasteiger partial charge >= 0.3 is 0 Å². The van der Waals surface area contributed by atoms with E-state index in [2.05, 4.69) is 15.3 Å². The number of hydrogen-bond donors (Lipinski definition) is 1. The lowest BCUT2D eigenvalue weighted by atomic mass is 9.84. The van der Waals surface area contributed by atoms with E-state index in [1.54, 1.807) is 13.3 Å². The monoisotopic (exact) mass is 450 g/mol. The van der Waals surface area contributed by atoms with Gasteiger partial charge in [0.1, 0.15) is 19.0 Å². The largest absolute Gasteiger partial charge is 0.497 e. The highest BCUT2D eigenvalue weighted by Gasteiger charge is 2.22. The molecule has 1 N–H and O–H groups in total. The zero-order valence-corrected chi connectivity index (χ0v) is 19.0. The fourth-order valence-electron chi connectivity index (χ4n) is 4.80. The minimum absolute atomic E-state index is 0.0574. The Bertz CT molecular complexity index is 1170. The third-order valence-corrected chi connectivity index (χ3v) is 6.72. The summed E-state index contributed by atoms with van der Waals surface area (Å²) in [7, 11) is 1.64. The van der Waals surface area contributed by atoms with Crippen LogP contribution in [0.5, 0.6) is 17.2 Å². The number of nitrogens with one attached hydrogen (secondary N) is 1. The van der Waals surface area contributed by atoms with E-state index >= 15 is 0 Å². The fraction of sp³-hybridized carbons (Fsp3) is 0.480. The van der Waals surface area contributed by atoms with Gasteiger partial charge in [0.2, 0.25) is 0 Å². The van der Waals surface area contributed by atoms with Crippen molar-refractivity contribution < 1.29 is 14.2 Å². The minimum atomic E-state index is -0.0574. The van der Waals surface area contributed by atoms with Crippen molar-refractivity contribution in [2.45, 2.75) is 51.2 Å². The Morgan fingerprint density at radius 2 is 1.88 bits per heavy atom. The zero-order valence-electron chi connectivity index (χ0n) is 19.0. The average molecular weight is 451 g/mol. The third-order valence-electron chi connectivity index (χ3n) is 6.72. The predicted molar refractivity (Wildman–Crippen MR) is 125 cm³/mol. The van der Waals surface area contributed by atoms with Gasteiger partial charge in [-0.2, -0.15) is 0 Å². The molecule has 0 bridgehead atoms. The summed E-state index contributed by atoms with van der Waals surface area (Å²) in [4.78, 5) is 21.3. The molecule has 1 aliphatic carbocycles. The minimum Gasteiger partial charge on any atom is -0.497 e. The number of methoxy groups -OCH3 is 1. The summed E-state index contributed by atoms with van der Waals surface area (Å²) in [5, 5.41) is 3.65. The highest BCUT2D eigenvalue weighted by molar-refractivity contribution is 5.76. The van der Waals surface area contributed by atoms with Crippen LogP contribution in [0.4, 0.5) is 0 Å². The zero-order chi connectivity index (χ0) is 22.6. The second-order valence-corrected chi connectivity index (χ2v) is 8.81. The molecule has 5 rings (SSSR count). The first-order chi connectivity index (χ1) is 16.2. The average Bonchev–Trinajstić information content (AvgIpc) is 2.87. The fourth-order valence-corrected chi connectivity index (χ4v) is 4.80. The van der Waals surface area contributed by atoms with E-state index in [9.17, 15) is 4.79 Å². The number of pyridine rings is 1. The molecule has 8 heteroatoms.